The number of hydrogen-bond acceptors (Lipinski definition) is 2. The number of benzene rings is 1. The Morgan fingerprint density at radius 3 is 2.68 bits per heavy atom. The van der Waals surface area contributed by atoms with Gasteiger partial charge in [-0.25, -0.2) is 4.98 Å². The number of rotatable bonds is 5. The quantitative estimate of drug-likeness (QED) is 0.892. The average molecular weight is 257 g/mol. The second-order valence-corrected chi connectivity index (χ2v) is 5.46. The molecule has 0 fully saturated rings. The number of aryl methyl sites for hydroxylation is 1. The van der Waals surface area contributed by atoms with Crippen molar-refractivity contribution in [2.45, 2.75) is 26.3 Å². The fraction of sp³-hybridized carbons (Fsp3) is 0.438. The molecule has 2 rings (SSSR count). The van der Waals surface area contributed by atoms with Crippen LogP contribution in [0.25, 0.3) is 0 Å². The van der Waals surface area contributed by atoms with Crippen molar-refractivity contribution in [1.82, 2.24) is 14.9 Å². The number of nitrogens with one attached hydrogen (secondary N) is 1. The van der Waals surface area contributed by atoms with Gasteiger partial charge in [0.25, 0.3) is 0 Å². The molecule has 3 heteroatoms. The maximum absolute atomic E-state index is 4.45. The number of imidazole rings is 1. The van der Waals surface area contributed by atoms with E-state index in [0.29, 0.717) is 5.92 Å². The molecule has 0 saturated carbocycles. The van der Waals surface area contributed by atoms with E-state index >= 15 is 0 Å². The summed E-state index contributed by atoms with van der Waals surface area (Å²) in [5, 5.41) is 3.36. The Balaban J connectivity index is 2.31. The number of aromatic nitrogens is 2. The maximum atomic E-state index is 4.45. The van der Waals surface area contributed by atoms with Gasteiger partial charge in [-0.2, -0.15) is 0 Å². The Morgan fingerprint density at radius 2 is 2.11 bits per heavy atom. The molecule has 0 saturated heterocycles. The average Bonchev–Trinajstić information content (AvgIpc) is 2.77. The van der Waals surface area contributed by atoms with Gasteiger partial charge in [-0.05, 0) is 30.5 Å². The molecule has 102 valence electrons. The summed E-state index contributed by atoms with van der Waals surface area (Å²) in [6.45, 7) is 4.50. The van der Waals surface area contributed by atoms with E-state index in [9.17, 15) is 0 Å². The third kappa shape index (κ3) is 3.24. The molecule has 0 aliphatic rings. The second kappa shape index (κ2) is 6.02. The Bertz CT molecular complexity index is 528. The Hall–Kier alpha value is -1.61. The lowest BCUT2D eigenvalue weighted by Gasteiger charge is -2.17. The minimum absolute atomic E-state index is 0.145. The van der Waals surface area contributed by atoms with Gasteiger partial charge < -0.3 is 9.88 Å². The molecule has 1 N–H and O–H groups in total. The lowest BCUT2D eigenvalue weighted by molar-refractivity contribution is 0.612. The van der Waals surface area contributed by atoms with Gasteiger partial charge in [-0.3, -0.25) is 0 Å². The molecule has 1 aromatic heterocycles. The highest BCUT2D eigenvalue weighted by molar-refractivity contribution is 5.30. The fourth-order valence-electron chi connectivity index (χ4n) is 2.47. The van der Waals surface area contributed by atoms with E-state index < -0.39 is 0 Å². The van der Waals surface area contributed by atoms with Crippen molar-refractivity contribution in [3.05, 3.63) is 53.6 Å². The van der Waals surface area contributed by atoms with E-state index in [0.717, 1.165) is 12.2 Å². The van der Waals surface area contributed by atoms with Crippen molar-refractivity contribution in [1.29, 1.82) is 0 Å². The van der Waals surface area contributed by atoms with Gasteiger partial charge in [0.1, 0.15) is 5.82 Å². The number of hydrogen-bond donors (Lipinski definition) is 1. The first-order valence-corrected chi connectivity index (χ1v) is 6.85. The van der Waals surface area contributed by atoms with Gasteiger partial charge in [0, 0.05) is 19.4 Å². The van der Waals surface area contributed by atoms with Crippen LogP contribution in [0.2, 0.25) is 0 Å². The monoisotopic (exact) mass is 257 g/mol. The predicted molar refractivity (Wildman–Crippen MR) is 79.1 cm³/mol. The van der Waals surface area contributed by atoms with Gasteiger partial charge in [0.15, 0.2) is 0 Å². The van der Waals surface area contributed by atoms with Crippen LogP contribution in [-0.2, 0) is 13.5 Å². The van der Waals surface area contributed by atoms with Crippen LogP contribution in [0.4, 0.5) is 0 Å². The van der Waals surface area contributed by atoms with Crippen LogP contribution in [0.15, 0.2) is 36.7 Å². The summed E-state index contributed by atoms with van der Waals surface area (Å²) >= 11 is 0. The van der Waals surface area contributed by atoms with E-state index in [1.165, 1.54) is 11.1 Å². The van der Waals surface area contributed by atoms with E-state index in [4.69, 9.17) is 0 Å². The van der Waals surface area contributed by atoms with Crippen molar-refractivity contribution in [3.8, 4) is 0 Å². The van der Waals surface area contributed by atoms with Crippen LogP contribution in [-0.4, -0.2) is 16.6 Å². The van der Waals surface area contributed by atoms with Crippen LogP contribution in [0.3, 0.4) is 0 Å². The highest BCUT2D eigenvalue weighted by atomic mass is 15.1. The molecule has 0 bridgehead atoms. The van der Waals surface area contributed by atoms with Crippen LogP contribution in [0.5, 0.6) is 0 Å². The van der Waals surface area contributed by atoms with E-state index in [-0.39, 0.29) is 6.04 Å². The first-order valence-electron chi connectivity index (χ1n) is 6.85. The molecule has 0 radical (unpaired) electrons. The smallest absolute Gasteiger partial charge is 0.130 e. The van der Waals surface area contributed by atoms with Gasteiger partial charge in [0.05, 0.1) is 6.04 Å². The summed E-state index contributed by atoms with van der Waals surface area (Å²) in [5.41, 5.74) is 2.66. The maximum Gasteiger partial charge on any atom is 0.130 e. The molecule has 0 aliphatic heterocycles. The zero-order chi connectivity index (χ0) is 13.8. The normalized spacial score (nSPS) is 12.9. The lowest BCUT2D eigenvalue weighted by Crippen LogP contribution is -2.21. The Morgan fingerprint density at radius 1 is 1.32 bits per heavy atom. The molecule has 19 heavy (non-hydrogen) atoms. The molecule has 0 amide bonds. The summed E-state index contributed by atoms with van der Waals surface area (Å²) in [5.74, 6) is 1.72. The number of nitrogens with zero attached hydrogens (tertiary/aromatic N) is 2. The van der Waals surface area contributed by atoms with Gasteiger partial charge >= 0.3 is 0 Å². The molecule has 0 aliphatic carbocycles. The minimum Gasteiger partial charge on any atom is -0.336 e. The third-order valence-electron chi connectivity index (χ3n) is 3.33. The topological polar surface area (TPSA) is 29.9 Å². The highest BCUT2D eigenvalue weighted by Crippen LogP contribution is 2.21. The minimum atomic E-state index is 0.145. The summed E-state index contributed by atoms with van der Waals surface area (Å²) < 4.78 is 2.07. The van der Waals surface area contributed by atoms with Crippen molar-refractivity contribution in [2.75, 3.05) is 7.05 Å². The Kier molecular flexibility index (Phi) is 4.38. The first kappa shape index (κ1) is 13.8. The summed E-state index contributed by atoms with van der Waals surface area (Å²) in [4.78, 5) is 4.45. The molecule has 3 nitrogen and oxygen atoms in total. The molecule has 1 heterocycles. The second-order valence-electron chi connectivity index (χ2n) is 5.46. The van der Waals surface area contributed by atoms with Gasteiger partial charge in [-0.1, -0.05) is 38.1 Å². The third-order valence-corrected chi connectivity index (χ3v) is 3.33. The molecular formula is C16H23N3. The summed E-state index contributed by atoms with van der Waals surface area (Å²) in [6.07, 6.45) is 4.94. The Labute approximate surface area is 115 Å². The lowest BCUT2D eigenvalue weighted by atomic mass is 9.98. The molecule has 1 unspecified atom stereocenters. The SMILES string of the molecule is CNC(c1cccc(CC(C)C)c1)c1nccn1C. The van der Waals surface area contributed by atoms with Crippen LogP contribution < -0.4 is 5.32 Å². The van der Waals surface area contributed by atoms with E-state index in [1.807, 2.05) is 26.5 Å². The largest absolute Gasteiger partial charge is 0.336 e. The molecule has 0 spiro atoms. The molecule has 1 aromatic carbocycles. The standard InChI is InChI=1S/C16H23N3/c1-12(2)10-13-6-5-7-14(11-13)15(17-3)16-18-8-9-19(16)4/h5-9,11-12,15,17H,10H2,1-4H3. The van der Waals surface area contributed by atoms with Crippen LogP contribution in [0.1, 0.15) is 36.8 Å². The van der Waals surface area contributed by atoms with Crippen molar-refractivity contribution < 1.29 is 0 Å². The molecule has 1 atom stereocenters. The van der Waals surface area contributed by atoms with Crippen molar-refractivity contribution >= 4 is 0 Å². The summed E-state index contributed by atoms with van der Waals surface area (Å²) in [7, 11) is 4.01. The van der Waals surface area contributed by atoms with E-state index in [1.54, 1.807) is 0 Å². The molecule has 2 aromatic rings. The first-order chi connectivity index (χ1) is 9.11. The van der Waals surface area contributed by atoms with Crippen molar-refractivity contribution in [3.63, 3.8) is 0 Å². The predicted octanol–water partition coefficient (Wildman–Crippen LogP) is 2.93. The zero-order valence-corrected chi connectivity index (χ0v) is 12.2. The van der Waals surface area contributed by atoms with Crippen molar-refractivity contribution in [2.24, 2.45) is 13.0 Å². The zero-order valence-electron chi connectivity index (χ0n) is 12.2. The van der Waals surface area contributed by atoms with Crippen LogP contribution in [0, 0.1) is 5.92 Å². The van der Waals surface area contributed by atoms with Gasteiger partial charge in [0.2, 0.25) is 0 Å². The molecular weight excluding hydrogens is 234 g/mol. The fourth-order valence-corrected chi connectivity index (χ4v) is 2.47. The van der Waals surface area contributed by atoms with Gasteiger partial charge in [-0.15, -0.1) is 0 Å². The van der Waals surface area contributed by atoms with E-state index in [2.05, 4.69) is 53.0 Å². The van der Waals surface area contributed by atoms with Crippen LogP contribution >= 0.6 is 0 Å². The highest BCUT2D eigenvalue weighted by Gasteiger charge is 2.16. The summed E-state index contributed by atoms with van der Waals surface area (Å²) in [6, 6.07) is 8.94.